The van der Waals surface area contributed by atoms with E-state index in [0.717, 1.165) is 32.5 Å². The van der Waals surface area contributed by atoms with E-state index in [4.69, 9.17) is 0 Å². The molecule has 1 aromatic carbocycles. The number of rotatable bonds is 6. The molecule has 1 aromatic rings. The van der Waals surface area contributed by atoms with Crippen LogP contribution in [0.5, 0.6) is 0 Å². The quantitative estimate of drug-likeness (QED) is 0.845. The first-order valence-electron chi connectivity index (χ1n) is 8.09. The number of carbonyl (C=O) groups excluding carboxylic acids is 1. The molecule has 0 aliphatic carbocycles. The number of piperazine rings is 1. The molecule has 4 heteroatoms. The highest BCUT2D eigenvalue weighted by atomic mass is 16.2. The fraction of sp³-hybridized carbons (Fsp3) is 0.588. The minimum Gasteiger partial charge on any atom is -0.357 e. The molecule has 2 atom stereocenters. The highest BCUT2D eigenvalue weighted by molar-refractivity contribution is 5.86. The Kier molecular flexibility index (Phi) is 5.62. The van der Waals surface area contributed by atoms with Crippen LogP contribution in [0.1, 0.15) is 45.2 Å². The monoisotopic (exact) mass is 289 g/mol. The Hall–Kier alpha value is -1.55. The maximum absolute atomic E-state index is 12.1. The van der Waals surface area contributed by atoms with Crippen LogP contribution >= 0.6 is 0 Å². The zero-order valence-electron chi connectivity index (χ0n) is 13.4. The second kappa shape index (κ2) is 7.46. The first kappa shape index (κ1) is 15.8. The molecule has 4 nitrogen and oxygen atoms in total. The summed E-state index contributed by atoms with van der Waals surface area (Å²) >= 11 is 0. The summed E-state index contributed by atoms with van der Waals surface area (Å²) in [5.74, 6) is 0.148. The first-order chi connectivity index (χ1) is 10.2. The lowest BCUT2D eigenvalue weighted by molar-refractivity contribution is -0.123. The number of benzene rings is 1. The van der Waals surface area contributed by atoms with Gasteiger partial charge in [-0.05, 0) is 31.0 Å². The smallest absolute Gasteiger partial charge is 0.242 e. The van der Waals surface area contributed by atoms with Crippen molar-refractivity contribution in [1.29, 1.82) is 0 Å². The molecule has 0 radical (unpaired) electrons. The molecule has 0 spiro atoms. The molecular formula is C17H27N3O. The molecule has 2 rings (SSSR count). The molecule has 0 aromatic heterocycles. The molecule has 2 N–H and O–H groups in total. The average molecular weight is 289 g/mol. The topological polar surface area (TPSA) is 44.4 Å². The van der Waals surface area contributed by atoms with E-state index < -0.39 is 0 Å². The fourth-order valence-electron chi connectivity index (χ4n) is 3.17. The number of anilines is 1. The van der Waals surface area contributed by atoms with E-state index >= 15 is 0 Å². The highest BCUT2D eigenvalue weighted by Gasteiger charge is 2.30. The molecule has 1 amide bonds. The summed E-state index contributed by atoms with van der Waals surface area (Å²) in [6, 6.07) is 8.77. The Morgan fingerprint density at radius 3 is 2.76 bits per heavy atom. The lowest BCUT2D eigenvalue weighted by Crippen LogP contribution is -2.55. The second-order valence-corrected chi connectivity index (χ2v) is 5.49. The lowest BCUT2D eigenvalue weighted by atomic mass is 9.99. The van der Waals surface area contributed by atoms with Crippen molar-refractivity contribution in [3.05, 3.63) is 29.8 Å². The number of carbonyl (C=O) groups is 1. The summed E-state index contributed by atoms with van der Waals surface area (Å²) in [7, 11) is 0. The highest BCUT2D eigenvalue weighted by Crippen LogP contribution is 2.30. The van der Waals surface area contributed by atoms with Crippen LogP contribution in [0, 0.1) is 0 Å². The summed E-state index contributed by atoms with van der Waals surface area (Å²) in [5, 5.41) is 6.52. The molecule has 0 saturated carbocycles. The number of para-hydroxylation sites is 1. The van der Waals surface area contributed by atoms with Crippen molar-refractivity contribution in [2.75, 3.05) is 24.5 Å². The van der Waals surface area contributed by atoms with Crippen LogP contribution in [-0.2, 0) is 4.79 Å². The van der Waals surface area contributed by atoms with Crippen molar-refractivity contribution >= 4 is 11.6 Å². The number of hydrogen-bond acceptors (Lipinski definition) is 3. The zero-order chi connectivity index (χ0) is 15.2. The molecular weight excluding hydrogens is 262 g/mol. The van der Waals surface area contributed by atoms with Gasteiger partial charge in [-0.25, -0.2) is 0 Å². The van der Waals surface area contributed by atoms with Crippen LogP contribution in [0.2, 0.25) is 0 Å². The van der Waals surface area contributed by atoms with Gasteiger partial charge < -0.3 is 15.5 Å². The molecule has 2 unspecified atom stereocenters. The second-order valence-electron chi connectivity index (χ2n) is 5.49. The van der Waals surface area contributed by atoms with E-state index in [1.54, 1.807) is 0 Å². The molecule has 1 fully saturated rings. The average Bonchev–Trinajstić information content (AvgIpc) is 2.52. The van der Waals surface area contributed by atoms with Gasteiger partial charge in [0.15, 0.2) is 0 Å². The predicted octanol–water partition coefficient (Wildman–Crippen LogP) is 2.46. The van der Waals surface area contributed by atoms with Crippen molar-refractivity contribution in [3.63, 3.8) is 0 Å². The van der Waals surface area contributed by atoms with Crippen LogP contribution in [0.4, 0.5) is 5.69 Å². The van der Waals surface area contributed by atoms with E-state index in [0.29, 0.717) is 6.04 Å². The van der Waals surface area contributed by atoms with Gasteiger partial charge in [0.1, 0.15) is 6.04 Å². The molecule has 1 aliphatic heterocycles. The van der Waals surface area contributed by atoms with E-state index in [-0.39, 0.29) is 11.9 Å². The third-order valence-corrected chi connectivity index (χ3v) is 4.20. The lowest BCUT2D eigenvalue weighted by Gasteiger charge is -2.38. The Labute approximate surface area is 127 Å². The van der Waals surface area contributed by atoms with Crippen molar-refractivity contribution in [2.45, 2.75) is 45.7 Å². The molecule has 0 bridgehead atoms. The summed E-state index contributed by atoms with van der Waals surface area (Å²) in [5.41, 5.74) is 2.50. The number of nitrogens with one attached hydrogen (secondary N) is 2. The summed E-state index contributed by atoms with van der Waals surface area (Å²) in [4.78, 5) is 14.4. The van der Waals surface area contributed by atoms with Crippen molar-refractivity contribution in [3.8, 4) is 0 Å². The maximum atomic E-state index is 12.1. The standard InChI is InChI=1S/C17H27N3O/c1-4-14(18-6-3)13-9-7-8-10-16(13)20-12-11-19-17(21)15(20)5-2/h7-10,14-15,18H,4-6,11-12H2,1-3H3,(H,19,21). The van der Waals surface area contributed by atoms with Gasteiger partial charge in [-0.3, -0.25) is 4.79 Å². The van der Waals surface area contributed by atoms with Gasteiger partial charge in [-0.15, -0.1) is 0 Å². The van der Waals surface area contributed by atoms with E-state index in [1.807, 2.05) is 0 Å². The SMILES string of the molecule is CCNC(CC)c1ccccc1N1CCNC(=O)C1CC. The van der Waals surface area contributed by atoms with E-state index in [2.05, 4.69) is 60.6 Å². The molecule has 116 valence electrons. The van der Waals surface area contributed by atoms with Crippen molar-refractivity contribution < 1.29 is 4.79 Å². The van der Waals surface area contributed by atoms with Gasteiger partial charge in [-0.2, -0.15) is 0 Å². The predicted molar refractivity (Wildman–Crippen MR) is 87.6 cm³/mol. The molecule has 1 heterocycles. The minimum absolute atomic E-state index is 0.0565. The van der Waals surface area contributed by atoms with Crippen molar-refractivity contribution in [2.24, 2.45) is 0 Å². The minimum atomic E-state index is -0.0565. The van der Waals surface area contributed by atoms with Crippen LogP contribution in [0.3, 0.4) is 0 Å². The van der Waals surface area contributed by atoms with Crippen LogP contribution in [-0.4, -0.2) is 31.6 Å². The summed E-state index contributed by atoms with van der Waals surface area (Å²) < 4.78 is 0. The van der Waals surface area contributed by atoms with Crippen LogP contribution < -0.4 is 15.5 Å². The Bertz CT molecular complexity index is 475. The van der Waals surface area contributed by atoms with Gasteiger partial charge >= 0.3 is 0 Å². The molecule has 21 heavy (non-hydrogen) atoms. The third-order valence-electron chi connectivity index (χ3n) is 4.20. The largest absolute Gasteiger partial charge is 0.357 e. The zero-order valence-corrected chi connectivity index (χ0v) is 13.4. The normalized spacial score (nSPS) is 20.2. The van der Waals surface area contributed by atoms with Crippen LogP contribution in [0.15, 0.2) is 24.3 Å². The van der Waals surface area contributed by atoms with Gasteiger partial charge in [0.25, 0.3) is 0 Å². The van der Waals surface area contributed by atoms with Gasteiger partial charge in [0, 0.05) is 24.8 Å². The Morgan fingerprint density at radius 1 is 1.33 bits per heavy atom. The number of amides is 1. The summed E-state index contributed by atoms with van der Waals surface area (Å²) in [6.07, 6.45) is 1.87. The summed E-state index contributed by atoms with van der Waals surface area (Å²) in [6.45, 7) is 8.96. The van der Waals surface area contributed by atoms with Gasteiger partial charge in [0.05, 0.1) is 0 Å². The van der Waals surface area contributed by atoms with Crippen LogP contribution in [0.25, 0.3) is 0 Å². The Morgan fingerprint density at radius 2 is 2.10 bits per heavy atom. The number of nitrogens with zero attached hydrogens (tertiary/aromatic N) is 1. The Balaban J connectivity index is 2.36. The van der Waals surface area contributed by atoms with Crippen molar-refractivity contribution in [1.82, 2.24) is 10.6 Å². The molecule has 1 saturated heterocycles. The van der Waals surface area contributed by atoms with Gasteiger partial charge in [0.2, 0.25) is 5.91 Å². The third kappa shape index (κ3) is 3.38. The maximum Gasteiger partial charge on any atom is 0.242 e. The first-order valence-corrected chi connectivity index (χ1v) is 8.09. The van der Waals surface area contributed by atoms with E-state index in [1.165, 1.54) is 11.3 Å². The van der Waals surface area contributed by atoms with E-state index in [9.17, 15) is 4.79 Å². The van der Waals surface area contributed by atoms with Gasteiger partial charge in [-0.1, -0.05) is 39.0 Å². The number of hydrogen-bond donors (Lipinski definition) is 2. The fourth-order valence-corrected chi connectivity index (χ4v) is 3.17. The molecule has 1 aliphatic rings.